The van der Waals surface area contributed by atoms with Gasteiger partial charge in [-0.25, -0.2) is 4.98 Å². The summed E-state index contributed by atoms with van der Waals surface area (Å²) in [5.74, 6) is 0. The first-order chi connectivity index (χ1) is 7.48. The molecule has 1 atom stereocenters. The first kappa shape index (κ1) is 11.4. The van der Waals surface area contributed by atoms with E-state index in [2.05, 4.69) is 4.98 Å². The molecule has 1 aliphatic rings. The van der Waals surface area contributed by atoms with E-state index in [-0.39, 0.29) is 5.69 Å². The Balaban J connectivity index is 2.43. The van der Waals surface area contributed by atoms with Gasteiger partial charge in [0.05, 0.1) is 11.8 Å². The Morgan fingerprint density at radius 1 is 1.25 bits per heavy atom. The van der Waals surface area contributed by atoms with E-state index in [1.807, 2.05) is 0 Å². The maximum Gasteiger partial charge on any atom is 0.433 e. The van der Waals surface area contributed by atoms with Crippen molar-refractivity contribution in [3.8, 4) is 0 Å². The number of fused-ring (bicyclic) bond motifs is 1. The molecule has 1 N–H and O–H groups in total. The van der Waals surface area contributed by atoms with Crippen molar-refractivity contribution in [3.63, 3.8) is 0 Å². The van der Waals surface area contributed by atoms with Gasteiger partial charge in [-0.05, 0) is 30.9 Å². The third-order valence-electron chi connectivity index (χ3n) is 2.79. The monoisotopic (exact) mass is 231 g/mol. The fourth-order valence-electron chi connectivity index (χ4n) is 1.95. The highest BCUT2D eigenvalue weighted by Crippen LogP contribution is 2.32. The average molecular weight is 231 g/mol. The van der Waals surface area contributed by atoms with Crippen molar-refractivity contribution in [3.05, 3.63) is 29.1 Å². The minimum absolute atomic E-state index is 0.201. The topological polar surface area (TPSA) is 33.1 Å². The van der Waals surface area contributed by atoms with E-state index in [4.69, 9.17) is 0 Å². The summed E-state index contributed by atoms with van der Waals surface area (Å²) in [7, 11) is 0. The van der Waals surface area contributed by atoms with E-state index in [0.717, 1.165) is 24.5 Å². The number of hydrogen-bond donors (Lipinski definition) is 1. The summed E-state index contributed by atoms with van der Waals surface area (Å²) in [6, 6.07) is 2.41. The zero-order valence-electron chi connectivity index (χ0n) is 8.59. The molecule has 1 heterocycles. The summed E-state index contributed by atoms with van der Waals surface area (Å²) < 4.78 is 37.3. The molecule has 0 bridgehead atoms. The SMILES string of the molecule is OC1CCCCc2ccc(C(F)(F)F)nc21. The molecule has 0 aromatic carbocycles. The van der Waals surface area contributed by atoms with Crippen molar-refractivity contribution in [2.24, 2.45) is 0 Å². The van der Waals surface area contributed by atoms with Crippen LogP contribution in [-0.2, 0) is 12.6 Å². The molecule has 1 unspecified atom stereocenters. The lowest BCUT2D eigenvalue weighted by Gasteiger charge is -2.13. The molecule has 16 heavy (non-hydrogen) atoms. The highest BCUT2D eigenvalue weighted by Gasteiger charge is 2.33. The molecule has 2 nitrogen and oxygen atoms in total. The van der Waals surface area contributed by atoms with Gasteiger partial charge in [0.1, 0.15) is 5.69 Å². The van der Waals surface area contributed by atoms with Crippen molar-refractivity contribution >= 4 is 0 Å². The normalized spacial score (nSPS) is 21.4. The minimum Gasteiger partial charge on any atom is -0.387 e. The molecular formula is C11H12F3NO. The molecular weight excluding hydrogens is 219 g/mol. The predicted octanol–water partition coefficient (Wildman–Crippen LogP) is 2.86. The van der Waals surface area contributed by atoms with Gasteiger partial charge >= 0.3 is 6.18 Å². The fraction of sp³-hybridized carbons (Fsp3) is 0.545. The summed E-state index contributed by atoms with van der Waals surface area (Å²) in [5, 5.41) is 9.70. The zero-order valence-corrected chi connectivity index (χ0v) is 8.59. The molecule has 1 aromatic heterocycles. The molecule has 5 heteroatoms. The van der Waals surface area contributed by atoms with Crippen molar-refractivity contribution in [2.75, 3.05) is 0 Å². The lowest BCUT2D eigenvalue weighted by molar-refractivity contribution is -0.141. The Bertz CT molecular complexity index is 389. The van der Waals surface area contributed by atoms with Gasteiger partial charge in [-0.2, -0.15) is 13.2 Å². The zero-order chi connectivity index (χ0) is 11.8. The van der Waals surface area contributed by atoms with Crippen LogP contribution in [0.25, 0.3) is 0 Å². The number of alkyl halides is 3. The van der Waals surface area contributed by atoms with E-state index in [0.29, 0.717) is 12.8 Å². The van der Waals surface area contributed by atoms with Gasteiger partial charge in [-0.3, -0.25) is 0 Å². The molecule has 0 saturated heterocycles. The van der Waals surface area contributed by atoms with Gasteiger partial charge in [0.15, 0.2) is 0 Å². The summed E-state index contributed by atoms with van der Waals surface area (Å²) in [6.07, 6.45) is -2.42. The van der Waals surface area contributed by atoms with Gasteiger partial charge < -0.3 is 5.11 Å². The van der Waals surface area contributed by atoms with Crippen LogP contribution in [-0.4, -0.2) is 10.1 Å². The fourth-order valence-corrected chi connectivity index (χ4v) is 1.95. The van der Waals surface area contributed by atoms with Crippen LogP contribution in [0.1, 0.15) is 42.3 Å². The number of aromatic nitrogens is 1. The van der Waals surface area contributed by atoms with E-state index in [9.17, 15) is 18.3 Å². The number of aliphatic hydroxyl groups excluding tert-OH is 1. The van der Waals surface area contributed by atoms with Crippen LogP contribution in [0.3, 0.4) is 0 Å². The Kier molecular flexibility index (Phi) is 2.88. The molecule has 88 valence electrons. The molecule has 0 saturated carbocycles. The summed E-state index contributed by atoms with van der Waals surface area (Å²) in [5.41, 5.74) is 0.0116. The van der Waals surface area contributed by atoms with Crippen LogP contribution < -0.4 is 0 Å². The van der Waals surface area contributed by atoms with Crippen LogP contribution in [0.15, 0.2) is 12.1 Å². The quantitative estimate of drug-likeness (QED) is 0.696. The molecule has 2 rings (SSSR count). The second-order valence-corrected chi connectivity index (χ2v) is 4.00. The summed E-state index contributed by atoms with van der Waals surface area (Å²) in [6.45, 7) is 0. The van der Waals surface area contributed by atoms with E-state index < -0.39 is 18.0 Å². The number of hydrogen-bond acceptors (Lipinski definition) is 2. The number of aliphatic hydroxyl groups is 1. The van der Waals surface area contributed by atoms with Gasteiger partial charge in [0.2, 0.25) is 0 Å². The lowest BCUT2D eigenvalue weighted by Crippen LogP contribution is -2.12. The number of rotatable bonds is 0. The maximum atomic E-state index is 12.4. The lowest BCUT2D eigenvalue weighted by atomic mass is 10.1. The third kappa shape index (κ3) is 2.19. The van der Waals surface area contributed by atoms with Gasteiger partial charge in [-0.1, -0.05) is 12.5 Å². The van der Waals surface area contributed by atoms with Crippen LogP contribution in [0, 0.1) is 0 Å². The maximum absolute atomic E-state index is 12.4. The molecule has 0 amide bonds. The predicted molar refractivity (Wildman–Crippen MR) is 51.8 cm³/mol. The number of halogens is 3. The molecule has 1 aliphatic carbocycles. The smallest absolute Gasteiger partial charge is 0.387 e. The van der Waals surface area contributed by atoms with Crippen molar-refractivity contribution in [2.45, 2.75) is 38.0 Å². The van der Waals surface area contributed by atoms with Crippen LogP contribution in [0.2, 0.25) is 0 Å². The Labute approximate surface area is 91.1 Å². The van der Waals surface area contributed by atoms with Gasteiger partial charge in [0, 0.05) is 0 Å². The van der Waals surface area contributed by atoms with Gasteiger partial charge in [-0.15, -0.1) is 0 Å². The van der Waals surface area contributed by atoms with E-state index in [1.165, 1.54) is 6.07 Å². The van der Waals surface area contributed by atoms with Crippen molar-refractivity contribution < 1.29 is 18.3 Å². The number of nitrogens with zero attached hydrogens (tertiary/aromatic N) is 1. The van der Waals surface area contributed by atoms with E-state index in [1.54, 1.807) is 0 Å². The molecule has 0 radical (unpaired) electrons. The minimum atomic E-state index is -4.44. The van der Waals surface area contributed by atoms with Crippen molar-refractivity contribution in [1.29, 1.82) is 0 Å². The molecule has 0 aliphatic heterocycles. The summed E-state index contributed by atoms with van der Waals surface area (Å²) >= 11 is 0. The molecule has 0 fully saturated rings. The Hall–Kier alpha value is -1.10. The Morgan fingerprint density at radius 3 is 2.69 bits per heavy atom. The Morgan fingerprint density at radius 2 is 2.00 bits per heavy atom. The number of aryl methyl sites for hydroxylation is 1. The summed E-state index contributed by atoms with van der Waals surface area (Å²) in [4.78, 5) is 3.55. The molecule has 0 spiro atoms. The first-order valence-electron chi connectivity index (χ1n) is 5.23. The second kappa shape index (κ2) is 4.05. The highest BCUT2D eigenvalue weighted by molar-refractivity contribution is 5.27. The largest absolute Gasteiger partial charge is 0.433 e. The van der Waals surface area contributed by atoms with Crippen LogP contribution in [0.4, 0.5) is 13.2 Å². The van der Waals surface area contributed by atoms with Crippen LogP contribution in [0.5, 0.6) is 0 Å². The van der Waals surface area contributed by atoms with E-state index >= 15 is 0 Å². The van der Waals surface area contributed by atoms with Crippen LogP contribution >= 0.6 is 0 Å². The third-order valence-corrected chi connectivity index (χ3v) is 2.79. The molecule has 1 aromatic rings. The second-order valence-electron chi connectivity index (χ2n) is 4.00. The average Bonchev–Trinajstić information content (AvgIpc) is 2.39. The standard InChI is InChI=1S/C11H12F3NO/c12-11(13,14)9-6-5-7-3-1-2-4-8(16)10(7)15-9/h5-6,8,16H,1-4H2. The first-order valence-corrected chi connectivity index (χ1v) is 5.23. The van der Waals surface area contributed by atoms with Crippen molar-refractivity contribution in [1.82, 2.24) is 4.98 Å². The van der Waals surface area contributed by atoms with Gasteiger partial charge in [0.25, 0.3) is 0 Å². The number of pyridine rings is 1. The highest BCUT2D eigenvalue weighted by atomic mass is 19.4.